The van der Waals surface area contributed by atoms with Gasteiger partial charge in [-0.2, -0.15) is 5.10 Å². The van der Waals surface area contributed by atoms with Gasteiger partial charge in [-0.05, 0) is 30.7 Å². The van der Waals surface area contributed by atoms with Crippen LogP contribution in [0.5, 0.6) is 0 Å². The lowest BCUT2D eigenvalue weighted by Crippen LogP contribution is -2.38. The third-order valence-corrected chi connectivity index (χ3v) is 3.71. The van der Waals surface area contributed by atoms with Crippen LogP contribution in [-0.2, 0) is 9.59 Å². The van der Waals surface area contributed by atoms with E-state index in [4.69, 9.17) is 15.9 Å². The number of halogens is 1. The Morgan fingerprint density at radius 2 is 2.00 bits per heavy atom. The highest BCUT2D eigenvalue weighted by Crippen LogP contribution is 2.28. The van der Waals surface area contributed by atoms with Crippen LogP contribution in [-0.4, -0.2) is 39.9 Å². The predicted molar refractivity (Wildman–Crippen MR) is 80.3 cm³/mol. The second-order valence-electron chi connectivity index (χ2n) is 4.71. The molecule has 2 atom stereocenters. The normalized spacial score (nSPS) is 19.2. The van der Waals surface area contributed by atoms with E-state index < -0.39 is 18.0 Å². The molecule has 2 rings (SSSR count). The minimum atomic E-state index is -1.12. The monoisotopic (exact) mass is 355 g/mol. The van der Waals surface area contributed by atoms with Gasteiger partial charge in [-0.3, -0.25) is 9.80 Å². The largest absolute Gasteiger partial charge is 0.480 e. The molecule has 0 aliphatic carbocycles. The first kappa shape index (κ1) is 15.5. The van der Waals surface area contributed by atoms with E-state index in [-0.39, 0.29) is 24.6 Å². The lowest BCUT2D eigenvalue weighted by Gasteiger charge is -2.24. The zero-order valence-corrected chi connectivity index (χ0v) is 12.5. The van der Waals surface area contributed by atoms with Gasteiger partial charge in [-0.1, -0.05) is 15.9 Å². The average molecular weight is 356 g/mol. The van der Waals surface area contributed by atoms with Crippen molar-refractivity contribution in [2.45, 2.75) is 24.9 Å². The van der Waals surface area contributed by atoms with Gasteiger partial charge >= 0.3 is 11.9 Å². The molecule has 1 aliphatic rings. The van der Waals surface area contributed by atoms with E-state index in [0.29, 0.717) is 5.69 Å². The number of nitrogens with two attached hydrogens (primary N) is 1. The SMILES string of the molecule is N[C@H](C[C@H]1CC(C(=O)O)=NN1c1ccc(Br)cc1)C(=O)O. The average Bonchev–Trinajstić information content (AvgIpc) is 2.83. The van der Waals surface area contributed by atoms with Gasteiger partial charge in [-0.15, -0.1) is 0 Å². The van der Waals surface area contributed by atoms with Gasteiger partial charge in [0.05, 0.1) is 11.7 Å². The molecular formula is C13H14BrN3O4. The first-order valence-electron chi connectivity index (χ1n) is 6.22. The maximum atomic E-state index is 11.1. The minimum Gasteiger partial charge on any atom is -0.480 e. The predicted octanol–water partition coefficient (Wildman–Crippen LogP) is 1.27. The number of carboxylic acids is 2. The lowest BCUT2D eigenvalue weighted by atomic mass is 10.0. The first-order chi connectivity index (χ1) is 9.88. The van der Waals surface area contributed by atoms with E-state index in [1.54, 1.807) is 24.3 Å². The highest BCUT2D eigenvalue weighted by atomic mass is 79.9. The van der Waals surface area contributed by atoms with Gasteiger partial charge in [-0.25, -0.2) is 4.79 Å². The maximum absolute atomic E-state index is 11.1. The fourth-order valence-electron chi connectivity index (χ4n) is 2.13. The Bertz CT molecular complexity index is 588. The molecule has 0 spiro atoms. The Kier molecular flexibility index (Phi) is 4.59. The molecule has 0 unspecified atom stereocenters. The highest BCUT2D eigenvalue weighted by Gasteiger charge is 2.33. The molecule has 4 N–H and O–H groups in total. The maximum Gasteiger partial charge on any atom is 0.352 e. The van der Waals surface area contributed by atoms with Crippen molar-refractivity contribution in [2.24, 2.45) is 10.8 Å². The fraction of sp³-hybridized carbons (Fsp3) is 0.308. The van der Waals surface area contributed by atoms with Gasteiger partial charge in [0, 0.05) is 10.9 Å². The molecule has 0 aromatic heterocycles. The van der Waals surface area contributed by atoms with E-state index in [2.05, 4.69) is 21.0 Å². The zero-order chi connectivity index (χ0) is 15.6. The van der Waals surface area contributed by atoms with Crippen LogP contribution < -0.4 is 10.7 Å². The van der Waals surface area contributed by atoms with Crippen LogP contribution in [0.2, 0.25) is 0 Å². The van der Waals surface area contributed by atoms with Crippen LogP contribution in [0.25, 0.3) is 0 Å². The molecule has 1 heterocycles. The Morgan fingerprint density at radius 3 is 2.52 bits per heavy atom. The zero-order valence-electron chi connectivity index (χ0n) is 10.9. The Hall–Kier alpha value is -1.93. The lowest BCUT2D eigenvalue weighted by molar-refractivity contribution is -0.138. The number of carbonyl (C=O) groups is 2. The molecule has 0 amide bonds. The summed E-state index contributed by atoms with van der Waals surface area (Å²) in [6, 6.07) is 5.71. The summed E-state index contributed by atoms with van der Waals surface area (Å²) in [7, 11) is 0. The van der Waals surface area contributed by atoms with E-state index in [1.165, 1.54) is 5.01 Å². The van der Waals surface area contributed by atoms with Crippen molar-refractivity contribution in [1.29, 1.82) is 0 Å². The van der Waals surface area contributed by atoms with Crippen molar-refractivity contribution in [3.63, 3.8) is 0 Å². The Morgan fingerprint density at radius 1 is 1.38 bits per heavy atom. The van der Waals surface area contributed by atoms with Gasteiger partial charge in [0.2, 0.25) is 0 Å². The van der Waals surface area contributed by atoms with Gasteiger partial charge < -0.3 is 15.9 Å². The molecule has 8 heteroatoms. The molecule has 0 saturated heterocycles. The smallest absolute Gasteiger partial charge is 0.352 e. The van der Waals surface area contributed by atoms with Gasteiger partial charge in [0.25, 0.3) is 0 Å². The van der Waals surface area contributed by atoms with Crippen LogP contribution >= 0.6 is 15.9 Å². The third kappa shape index (κ3) is 3.59. The fourth-order valence-corrected chi connectivity index (χ4v) is 2.40. The summed E-state index contributed by atoms with van der Waals surface area (Å²) < 4.78 is 0.881. The number of benzene rings is 1. The quantitative estimate of drug-likeness (QED) is 0.732. The van der Waals surface area contributed by atoms with Crippen molar-refractivity contribution in [3.8, 4) is 0 Å². The van der Waals surface area contributed by atoms with Crippen LogP contribution in [0.3, 0.4) is 0 Å². The number of hydrogen-bond donors (Lipinski definition) is 3. The number of aliphatic carboxylic acids is 2. The standard InChI is InChI=1S/C13H14BrN3O4/c14-7-1-3-8(4-2-7)17-9(5-10(15)12(18)19)6-11(16-17)13(20)21/h1-4,9-10H,5-6,15H2,(H,18,19)(H,20,21)/t9-,10+/m0/s1. The van der Waals surface area contributed by atoms with E-state index >= 15 is 0 Å². The molecule has 7 nitrogen and oxygen atoms in total. The summed E-state index contributed by atoms with van der Waals surface area (Å²) in [6.45, 7) is 0. The van der Waals surface area contributed by atoms with Crippen LogP contribution in [0.15, 0.2) is 33.8 Å². The summed E-state index contributed by atoms with van der Waals surface area (Å²) in [5, 5.41) is 23.6. The molecule has 1 aromatic carbocycles. The number of nitrogens with zero attached hydrogens (tertiary/aromatic N) is 2. The van der Waals surface area contributed by atoms with E-state index in [9.17, 15) is 9.59 Å². The van der Waals surface area contributed by atoms with Crippen molar-refractivity contribution >= 4 is 39.3 Å². The topological polar surface area (TPSA) is 116 Å². The summed E-state index contributed by atoms with van der Waals surface area (Å²) in [4.78, 5) is 22.0. The van der Waals surface area contributed by atoms with Crippen LogP contribution in [0.1, 0.15) is 12.8 Å². The van der Waals surface area contributed by atoms with Crippen molar-refractivity contribution < 1.29 is 19.8 Å². The molecule has 0 saturated carbocycles. The number of carboxylic acid groups (broad SMARTS) is 2. The van der Waals surface area contributed by atoms with Gasteiger partial charge in [0.15, 0.2) is 0 Å². The van der Waals surface area contributed by atoms with Crippen LogP contribution in [0.4, 0.5) is 5.69 Å². The second-order valence-corrected chi connectivity index (χ2v) is 5.63. The van der Waals surface area contributed by atoms with Gasteiger partial charge in [0.1, 0.15) is 11.8 Å². The van der Waals surface area contributed by atoms with Crippen molar-refractivity contribution in [3.05, 3.63) is 28.7 Å². The minimum absolute atomic E-state index is 0.000470. The highest BCUT2D eigenvalue weighted by molar-refractivity contribution is 9.10. The molecule has 0 bridgehead atoms. The first-order valence-corrected chi connectivity index (χ1v) is 7.01. The third-order valence-electron chi connectivity index (χ3n) is 3.18. The van der Waals surface area contributed by atoms with Crippen molar-refractivity contribution in [2.75, 3.05) is 5.01 Å². The van der Waals surface area contributed by atoms with Crippen molar-refractivity contribution in [1.82, 2.24) is 0 Å². The number of hydrogen-bond acceptors (Lipinski definition) is 5. The molecule has 21 heavy (non-hydrogen) atoms. The summed E-state index contributed by atoms with van der Waals surface area (Å²) in [6.07, 6.45) is 0.276. The molecule has 1 aliphatic heterocycles. The Balaban J connectivity index is 2.25. The second kappa shape index (κ2) is 6.23. The Labute approximate surface area is 129 Å². The van der Waals surface area contributed by atoms with Crippen LogP contribution in [0, 0.1) is 0 Å². The molecule has 0 radical (unpaired) electrons. The molecule has 0 fully saturated rings. The summed E-state index contributed by atoms with van der Waals surface area (Å²) >= 11 is 3.32. The molecule has 1 aromatic rings. The molecular weight excluding hydrogens is 342 g/mol. The number of rotatable bonds is 5. The number of anilines is 1. The summed E-state index contributed by atoms with van der Waals surface area (Å²) in [5.74, 6) is -2.22. The summed E-state index contributed by atoms with van der Waals surface area (Å²) in [5.41, 5.74) is 6.24. The van der Waals surface area contributed by atoms with E-state index in [1.807, 2.05) is 0 Å². The van der Waals surface area contributed by atoms with E-state index in [0.717, 1.165) is 4.47 Å². The molecule has 112 valence electrons. The number of hydrazone groups is 1.